The molecule has 8 nitrogen and oxygen atoms in total. The van der Waals surface area contributed by atoms with Crippen LogP contribution in [0.4, 0.5) is 4.79 Å². The number of urea groups is 1. The number of hydrogen-bond acceptors (Lipinski definition) is 6. The smallest absolute Gasteiger partial charge is 0.325 e. The summed E-state index contributed by atoms with van der Waals surface area (Å²) in [4.78, 5) is 27.0. The zero-order valence-corrected chi connectivity index (χ0v) is 15.8. The van der Waals surface area contributed by atoms with E-state index in [1.807, 2.05) is 18.2 Å². The molecule has 3 aliphatic heterocycles. The lowest BCUT2D eigenvalue weighted by molar-refractivity contribution is -0.132. The Balaban J connectivity index is 1.36. The van der Waals surface area contributed by atoms with Gasteiger partial charge >= 0.3 is 6.03 Å². The van der Waals surface area contributed by atoms with Gasteiger partial charge in [-0.1, -0.05) is 18.2 Å². The third-order valence-corrected chi connectivity index (χ3v) is 5.35. The second kappa shape index (κ2) is 6.58. The first-order valence-electron chi connectivity index (χ1n) is 9.47. The van der Waals surface area contributed by atoms with Gasteiger partial charge in [-0.2, -0.15) is 0 Å². The van der Waals surface area contributed by atoms with Crippen molar-refractivity contribution in [3.63, 3.8) is 0 Å². The second-order valence-corrected chi connectivity index (χ2v) is 7.33. The quantitative estimate of drug-likeness (QED) is 0.800. The largest absolute Gasteiger partial charge is 0.486 e. The first kappa shape index (κ1) is 17.7. The van der Waals surface area contributed by atoms with E-state index >= 15 is 0 Å². The number of nitrogens with one attached hydrogen (secondary N) is 1. The molecule has 0 radical (unpaired) electrons. The third-order valence-electron chi connectivity index (χ3n) is 5.35. The van der Waals surface area contributed by atoms with Gasteiger partial charge in [0.05, 0.1) is 6.54 Å². The van der Waals surface area contributed by atoms with Gasteiger partial charge in [-0.05, 0) is 36.8 Å². The molecule has 0 unspecified atom stereocenters. The van der Waals surface area contributed by atoms with E-state index < -0.39 is 17.7 Å². The summed E-state index contributed by atoms with van der Waals surface area (Å²) in [5.74, 6) is 2.11. The van der Waals surface area contributed by atoms with Crippen molar-refractivity contribution in [3.8, 4) is 23.0 Å². The first-order valence-corrected chi connectivity index (χ1v) is 9.47. The lowest BCUT2D eigenvalue weighted by Crippen LogP contribution is -2.45. The van der Waals surface area contributed by atoms with Crippen molar-refractivity contribution in [1.82, 2.24) is 10.2 Å². The molecule has 2 aromatic carbocycles. The van der Waals surface area contributed by atoms with Crippen LogP contribution in [0, 0.1) is 0 Å². The van der Waals surface area contributed by atoms with Crippen LogP contribution in [0.3, 0.4) is 0 Å². The zero-order valence-electron chi connectivity index (χ0n) is 15.8. The van der Waals surface area contributed by atoms with Gasteiger partial charge in [-0.25, -0.2) is 4.79 Å². The Morgan fingerprint density at radius 2 is 1.72 bits per heavy atom. The van der Waals surface area contributed by atoms with E-state index in [1.165, 1.54) is 4.90 Å². The van der Waals surface area contributed by atoms with E-state index in [2.05, 4.69) is 5.32 Å². The number of ether oxygens (including phenoxy) is 4. The molecule has 29 heavy (non-hydrogen) atoms. The van der Waals surface area contributed by atoms with E-state index in [4.69, 9.17) is 18.9 Å². The number of amides is 3. The molecule has 5 rings (SSSR count). The van der Waals surface area contributed by atoms with Crippen molar-refractivity contribution >= 4 is 11.9 Å². The fourth-order valence-electron chi connectivity index (χ4n) is 3.77. The Bertz CT molecular complexity index is 993. The Kier molecular flexibility index (Phi) is 4.01. The van der Waals surface area contributed by atoms with Crippen LogP contribution in [0.25, 0.3) is 0 Å². The average Bonchev–Trinajstić information content (AvgIpc) is 2.97. The van der Waals surface area contributed by atoms with Gasteiger partial charge in [-0.3, -0.25) is 9.69 Å². The normalized spacial score (nSPS) is 25.0. The number of nitrogens with zero attached hydrogens (tertiary/aromatic N) is 1. The number of rotatable bonds is 3. The predicted octanol–water partition coefficient (Wildman–Crippen LogP) is 2.06. The molecule has 2 atom stereocenters. The first-order chi connectivity index (χ1) is 14.0. The molecule has 0 aromatic heterocycles. The van der Waals surface area contributed by atoms with Gasteiger partial charge in [0.2, 0.25) is 0 Å². The molecular weight excluding hydrogens is 376 g/mol. The van der Waals surface area contributed by atoms with Gasteiger partial charge in [0.25, 0.3) is 5.91 Å². The SMILES string of the molecule is C[C@]1(c2ccc3c(c2)OCCO3)NC(=O)N(C[C@@H]2COc3ccccc3O2)C1=O. The molecule has 0 saturated carbocycles. The molecule has 3 amide bonds. The topological polar surface area (TPSA) is 86.3 Å². The number of fused-ring (bicyclic) bond motifs is 2. The lowest BCUT2D eigenvalue weighted by atomic mass is 9.91. The molecule has 3 aliphatic rings. The highest BCUT2D eigenvalue weighted by Crippen LogP contribution is 2.37. The van der Waals surface area contributed by atoms with E-state index in [9.17, 15) is 9.59 Å². The number of para-hydroxylation sites is 2. The maximum atomic E-state index is 13.2. The Labute approximate surface area is 167 Å². The van der Waals surface area contributed by atoms with Gasteiger partial charge in [0.15, 0.2) is 29.1 Å². The van der Waals surface area contributed by atoms with E-state index in [0.717, 1.165) is 0 Å². The van der Waals surface area contributed by atoms with Crippen molar-refractivity contribution in [2.45, 2.75) is 18.6 Å². The summed E-state index contributed by atoms with van der Waals surface area (Å²) in [6.45, 7) is 2.97. The fraction of sp³-hybridized carbons (Fsp3) is 0.333. The summed E-state index contributed by atoms with van der Waals surface area (Å²) in [6.07, 6.45) is -0.442. The summed E-state index contributed by atoms with van der Waals surface area (Å²) in [5.41, 5.74) is -0.561. The average molecular weight is 396 g/mol. The van der Waals surface area contributed by atoms with Crippen LogP contribution in [-0.4, -0.2) is 49.3 Å². The third kappa shape index (κ3) is 2.91. The van der Waals surface area contributed by atoms with E-state index in [0.29, 0.717) is 41.8 Å². The van der Waals surface area contributed by atoms with Gasteiger partial charge < -0.3 is 24.3 Å². The highest BCUT2D eigenvalue weighted by Gasteiger charge is 2.50. The van der Waals surface area contributed by atoms with Crippen LogP contribution in [0.2, 0.25) is 0 Å². The predicted molar refractivity (Wildman–Crippen MR) is 101 cm³/mol. The van der Waals surface area contributed by atoms with E-state index in [-0.39, 0.29) is 19.1 Å². The van der Waals surface area contributed by atoms with Gasteiger partial charge in [0.1, 0.15) is 25.4 Å². The van der Waals surface area contributed by atoms with Crippen molar-refractivity contribution < 1.29 is 28.5 Å². The zero-order chi connectivity index (χ0) is 20.0. The highest BCUT2D eigenvalue weighted by atomic mass is 16.6. The standard InChI is InChI=1S/C21H20N2O6/c1-21(13-6-7-16-18(10-13)27-9-8-26-16)19(24)23(20(25)22-21)11-14-12-28-15-4-2-3-5-17(15)29-14/h2-7,10,14H,8-9,11-12H2,1H3,(H,22,25)/t14-,21-/m1/s1. The number of hydrogen-bond donors (Lipinski definition) is 1. The Morgan fingerprint density at radius 1 is 1.00 bits per heavy atom. The van der Waals surface area contributed by atoms with Crippen molar-refractivity contribution in [2.24, 2.45) is 0 Å². The summed E-state index contributed by atoms with van der Waals surface area (Å²) >= 11 is 0. The van der Waals surface area contributed by atoms with Crippen LogP contribution < -0.4 is 24.3 Å². The Morgan fingerprint density at radius 3 is 2.55 bits per heavy atom. The van der Waals surface area contributed by atoms with E-state index in [1.54, 1.807) is 31.2 Å². The van der Waals surface area contributed by atoms with Crippen molar-refractivity contribution in [3.05, 3.63) is 48.0 Å². The molecule has 0 bridgehead atoms. The van der Waals surface area contributed by atoms with Crippen LogP contribution in [0.1, 0.15) is 12.5 Å². The van der Waals surface area contributed by atoms with Crippen LogP contribution in [0.15, 0.2) is 42.5 Å². The monoisotopic (exact) mass is 396 g/mol. The minimum Gasteiger partial charge on any atom is -0.486 e. The lowest BCUT2D eigenvalue weighted by Gasteiger charge is -2.29. The molecule has 1 fully saturated rings. The molecule has 2 aromatic rings. The second-order valence-electron chi connectivity index (χ2n) is 7.33. The molecule has 150 valence electrons. The minimum absolute atomic E-state index is 0.0964. The summed E-state index contributed by atoms with van der Waals surface area (Å²) in [6, 6.07) is 12.1. The maximum Gasteiger partial charge on any atom is 0.325 e. The molecule has 8 heteroatoms. The number of benzene rings is 2. The molecule has 0 spiro atoms. The molecule has 0 aliphatic carbocycles. The van der Waals surface area contributed by atoms with Crippen LogP contribution in [-0.2, 0) is 10.3 Å². The van der Waals surface area contributed by atoms with Crippen LogP contribution in [0.5, 0.6) is 23.0 Å². The Hall–Kier alpha value is -3.42. The number of carbonyl (C=O) groups excluding carboxylic acids is 2. The highest BCUT2D eigenvalue weighted by molar-refractivity contribution is 6.07. The summed E-state index contributed by atoms with van der Waals surface area (Å²) in [5, 5.41) is 2.81. The molecule has 3 heterocycles. The summed E-state index contributed by atoms with van der Waals surface area (Å²) < 4.78 is 22.7. The fourth-order valence-corrected chi connectivity index (χ4v) is 3.77. The molecule has 1 N–H and O–H groups in total. The summed E-state index contributed by atoms with van der Waals surface area (Å²) in [7, 11) is 0. The van der Waals surface area contributed by atoms with Gasteiger partial charge in [0, 0.05) is 0 Å². The van der Waals surface area contributed by atoms with Crippen molar-refractivity contribution in [1.29, 1.82) is 0 Å². The minimum atomic E-state index is -1.19. The van der Waals surface area contributed by atoms with Gasteiger partial charge in [-0.15, -0.1) is 0 Å². The number of imide groups is 1. The van der Waals surface area contributed by atoms with Crippen molar-refractivity contribution in [2.75, 3.05) is 26.4 Å². The molecular formula is C21H20N2O6. The molecule has 1 saturated heterocycles. The maximum absolute atomic E-state index is 13.2. The van der Waals surface area contributed by atoms with Crippen LogP contribution >= 0.6 is 0 Å². The number of carbonyl (C=O) groups is 2.